The van der Waals surface area contributed by atoms with Crippen molar-refractivity contribution in [2.75, 3.05) is 11.5 Å². The van der Waals surface area contributed by atoms with Gasteiger partial charge in [-0.05, 0) is 24.3 Å². The van der Waals surface area contributed by atoms with Crippen molar-refractivity contribution in [3.63, 3.8) is 0 Å². The summed E-state index contributed by atoms with van der Waals surface area (Å²) in [6.45, 7) is 0. The summed E-state index contributed by atoms with van der Waals surface area (Å²) in [6, 6.07) is 3.27. The van der Waals surface area contributed by atoms with E-state index in [1.54, 1.807) is 18.3 Å². The summed E-state index contributed by atoms with van der Waals surface area (Å²) in [6.07, 6.45) is 2.67. The summed E-state index contributed by atoms with van der Waals surface area (Å²) in [5, 5.41) is 9.48. The van der Waals surface area contributed by atoms with Crippen LogP contribution in [0.3, 0.4) is 0 Å². The van der Waals surface area contributed by atoms with E-state index in [-0.39, 0.29) is 5.56 Å². The van der Waals surface area contributed by atoms with Crippen molar-refractivity contribution in [2.24, 2.45) is 0 Å². The largest absolute Gasteiger partial charge is 0.478 e. The van der Waals surface area contributed by atoms with Crippen LogP contribution in [0.25, 0.3) is 5.52 Å². The van der Waals surface area contributed by atoms with Gasteiger partial charge in [0.1, 0.15) is 5.82 Å². The fraction of sp³-hybridized carbons (Fsp3) is 0.333. The molecule has 0 saturated carbocycles. The van der Waals surface area contributed by atoms with E-state index in [1.807, 2.05) is 16.2 Å². The summed E-state index contributed by atoms with van der Waals surface area (Å²) in [5.41, 5.74) is 1.03. The Kier molecular flexibility index (Phi) is 2.95. The first-order valence-electron chi connectivity index (χ1n) is 5.65. The number of carboxylic acid groups (broad SMARTS) is 1. The fourth-order valence-electron chi connectivity index (χ4n) is 2.22. The van der Waals surface area contributed by atoms with Crippen molar-refractivity contribution in [3.8, 4) is 0 Å². The molecule has 0 amide bonds. The third-order valence-corrected chi connectivity index (χ3v) is 4.60. The summed E-state index contributed by atoms with van der Waals surface area (Å²) in [4.78, 5) is 15.4. The topological polar surface area (TPSA) is 54.6 Å². The van der Waals surface area contributed by atoms with Crippen LogP contribution in [0.15, 0.2) is 18.3 Å². The van der Waals surface area contributed by atoms with E-state index in [1.165, 1.54) is 0 Å². The molecule has 1 unspecified atom stereocenters. The molecule has 0 bridgehead atoms. The van der Waals surface area contributed by atoms with Crippen LogP contribution in [0.4, 0.5) is 0 Å². The van der Waals surface area contributed by atoms with Gasteiger partial charge in [0.15, 0.2) is 5.15 Å². The number of aromatic carboxylic acids is 1. The fourth-order valence-corrected chi connectivity index (χ4v) is 3.68. The van der Waals surface area contributed by atoms with Gasteiger partial charge in [-0.2, -0.15) is 11.8 Å². The van der Waals surface area contributed by atoms with Gasteiger partial charge in [0.2, 0.25) is 0 Å². The number of halogens is 1. The van der Waals surface area contributed by atoms with Gasteiger partial charge in [0.25, 0.3) is 0 Å². The first-order chi connectivity index (χ1) is 8.66. The number of carboxylic acids is 1. The SMILES string of the molecule is O=C(O)c1ccc2c(Cl)nc(C3CCSC3)n2c1. The minimum absolute atomic E-state index is 0.253. The van der Waals surface area contributed by atoms with Crippen molar-refractivity contribution in [2.45, 2.75) is 12.3 Å². The molecule has 4 nitrogen and oxygen atoms in total. The normalized spacial score (nSPS) is 19.5. The van der Waals surface area contributed by atoms with Gasteiger partial charge in [0, 0.05) is 17.9 Å². The lowest BCUT2D eigenvalue weighted by molar-refractivity contribution is 0.0696. The molecule has 1 N–H and O–H groups in total. The third-order valence-electron chi connectivity index (χ3n) is 3.16. The molecule has 0 aliphatic carbocycles. The van der Waals surface area contributed by atoms with Crippen molar-refractivity contribution >= 4 is 34.8 Å². The second kappa shape index (κ2) is 4.48. The minimum Gasteiger partial charge on any atom is -0.478 e. The van der Waals surface area contributed by atoms with Gasteiger partial charge in [-0.25, -0.2) is 9.78 Å². The molecular formula is C12H11ClN2O2S. The minimum atomic E-state index is -0.937. The van der Waals surface area contributed by atoms with Crippen LogP contribution < -0.4 is 0 Å². The Labute approximate surface area is 113 Å². The van der Waals surface area contributed by atoms with Crippen LogP contribution in [0.5, 0.6) is 0 Å². The van der Waals surface area contributed by atoms with Crippen molar-refractivity contribution < 1.29 is 9.90 Å². The molecule has 1 atom stereocenters. The highest BCUT2D eigenvalue weighted by Gasteiger charge is 2.23. The maximum Gasteiger partial charge on any atom is 0.337 e. The lowest BCUT2D eigenvalue weighted by Gasteiger charge is -2.07. The first-order valence-corrected chi connectivity index (χ1v) is 7.18. The highest BCUT2D eigenvalue weighted by molar-refractivity contribution is 7.99. The average Bonchev–Trinajstić information content (AvgIpc) is 2.97. The number of carbonyl (C=O) groups is 1. The van der Waals surface area contributed by atoms with Gasteiger partial charge in [-0.15, -0.1) is 0 Å². The lowest BCUT2D eigenvalue weighted by Crippen LogP contribution is -2.05. The number of hydrogen-bond donors (Lipinski definition) is 1. The molecule has 3 heterocycles. The predicted molar refractivity (Wildman–Crippen MR) is 71.8 cm³/mol. The number of aromatic nitrogens is 2. The Bertz CT molecular complexity index is 620. The van der Waals surface area contributed by atoms with E-state index in [2.05, 4.69) is 4.98 Å². The van der Waals surface area contributed by atoms with Crippen LogP contribution >= 0.6 is 23.4 Å². The number of fused-ring (bicyclic) bond motifs is 1. The molecule has 3 rings (SSSR count). The van der Waals surface area contributed by atoms with Crippen LogP contribution in [0.2, 0.25) is 5.15 Å². The number of rotatable bonds is 2. The molecule has 2 aromatic heterocycles. The van der Waals surface area contributed by atoms with E-state index in [9.17, 15) is 4.79 Å². The first kappa shape index (κ1) is 11.9. The Hall–Kier alpha value is -1.20. The number of pyridine rings is 1. The lowest BCUT2D eigenvalue weighted by atomic mass is 10.1. The van der Waals surface area contributed by atoms with Crippen molar-refractivity contribution in [3.05, 3.63) is 34.9 Å². The highest BCUT2D eigenvalue weighted by atomic mass is 35.5. The van der Waals surface area contributed by atoms with E-state index >= 15 is 0 Å². The Morgan fingerprint density at radius 1 is 1.56 bits per heavy atom. The molecule has 18 heavy (non-hydrogen) atoms. The molecule has 0 radical (unpaired) electrons. The van der Waals surface area contributed by atoms with Crippen LogP contribution in [-0.4, -0.2) is 32.0 Å². The zero-order valence-corrected chi connectivity index (χ0v) is 11.0. The zero-order chi connectivity index (χ0) is 12.7. The summed E-state index contributed by atoms with van der Waals surface area (Å²) in [5.74, 6) is 2.44. The second-order valence-electron chi connectivity index (χ2n) is 4.30. The molecule has 0 spiro atoms. The molecular weight excluding hydrogens is 272 g/mol. The van der Waals surface area contributed by atoms with E-state index in [0.717, 1.165) is 29.3 Å². The third kappa shape index (κ3) is 1.87. The van der Waals surface area contributed by atoms with E-state index < -0.39 is 5.97 Å². The van der Waals surface area contributed by atoms with Gasteiger partial charge >= 0.3 is 5.97 Å². The number of hydrogen-bond acceptors (Lipinski definition) is 3. The Morgan fingerprint density at radius 2 is 2.39 bits per heavy atom. The van der Waals surface area contributed by atoms with Gasteiger partial charge in [-0.3, -0.25) is 0 Å². The predicted octanol–water partition coefficient (Wildman–Crippen LogP) is 2.91. The van der Waals surface area contributed by atoms with Crippen LogP contribution in [0.1, 0.15) is 28.5 Å². The standard InChI is InChI=1S/C12H11ClN2O2S/c13-10-9-2-1-7(12(16)17)5-15(9)11(14-10)8-3-4-18-6-8/h1-2,5,8H,3-4,6H2,(H,16,17). The highest BCUT2D eigenvalue weighted by Crippen LogP contribution is 2.33. The molecule has 94 valence electrons. The maximum absolute atomic E-state index is 11.0. The smallest absolute Gasteiger partial charge is 0.337 e. The molecule has 0 aromatic carbocycles. The van der Waals surface area contributed by atoms with Crippen molar-refractivity contribution in [1.82, 2.24) is 9.38 Å². The monoisotopic (exact) mass is 282 g/mol. The van der Waals surface area contributed by atoms with Gasteiger partial charge in [0.05, 0.1) is 11.1 Å². The summed E-state index contributed by atoms with van der Waals surface area (Å²) >= 11 is 7.99. The maximum atomic E-state index is 11.0. The molecule has 1 saturated heterocycles. The Morgan fingerprint density at radius 3 is 3.06 bits per heavy atom. The zero-order valence-electron chi connectivity index (χ0n) is 9.47. The van der Waals surface area contributed by atoms with Gasteiger partial charge < -0.3 is 9.51 Å². The van der Waals surface area contributed by atoms with Crippen LogP contribution in [-0.2, 0) is 0 Å². The molecule has 6 heteroatoms. The number of nitrogens with zero attached hydrogens (tertiary/aromatic N) is 2. The molecule has 1 aliphatic rings. The van der Waals surface area contributed by atoms with Crippen molar-refractivity contribution in [1.29, 1.82) is 0 Å². The summed E-state index contributed by atoms with van der Waals surface area (Å²) in [7, 11) is 0. The Balaban J connectivity index is 2.18. The van der Waals surface area contributed by atoms with E-state index in [0.29, 0.717) is 11.1 Å². The van der Waals surface area contributed by atoms with E-state index in [4.69, 9.17) is 16.7 Å². The molecule has 1 aliphatic heterocycles. The van der Waals surface area contributed by atoms with Gasteiger partial charge in [-0.1, -0.05) is 11.6 Å². The number of imidazole rings is 1. The average molecular weight is 283 g/mol. The van der Waals surface area contributed by atoms with Crippen LogP contribution in [0, 0.1) is 0 Å². The molecule has 2 aromatic rings. The summed E-state index contributed by atoms with van der Waals surface area (Å²) < 4.78 is 1.82. The quantitative estimate of drug-likeness (QED) is 0.920. The number of thioether (sulfide) groups is 1. The second-order valence-corrected chi connectivity index (χ2v) is 5.81. The molecule has 1 fully saturated rings.